The van der Waals surface area contributed by atoms with Gasteiger partial charge >= 0.3 is 0 Å². The molecule has 0 N–H and O–H groups in total. The van der Waals surface area contributed by atoms with Gasteiger partial charge < -0.3 is 14.5 Å². The summed E-state index contributed by atoms with van der Waals surface area (Å²) in [5.41, 5.74) is 1.67. The molecule has 2 aliphatic rings. The lowest BCUT2D eigenvalue weighted by Crippen LogP contribution is -2.41. The summed E-state index contributed by atoms with van der Waals surface area (Å²) in [6.07, 6.45) is 3.47. The Labute approximate surface area is 168 Å². The number of nitrogens with zero attached hydrogens (tertiary/aromatic N) is 4. The van der Waals surface area contributed by atoms with Gasteiger partial charge in [0.15, 0.2) is 0 Å². The van der Waals surface area contributed by atoms with Crippen molar-refractivity contribution in [3.05, 3.63) is 17.5 Å². The normalized spacial score (nSPS) is 18.7. The van der Waals surface area contributed by atoms with Gasteiger partial charge in [-0.2, -0.15) is 5.10 Å². The van der Waals surface area contributed by atoms with Crippen molar-refractivity contribution in [3.63, 3.8) is 0 Å². The first-order valence-electron chi connectivity index (χ1n) is 10.7. The second-order valence-electron chi connectivity index (χ2n) is 8.19. The van der Waals surface area contributed by atoms with Crippen molar-refractivity contribution in [3.8, 4) is 0 Å². The van der Waals surface area contributed by atoms with Crippen LogP contribution >= 0.6 is 0 Å². The summed E-state index contributed by atoms with van der Waals surface area (Å²) in [5, 5.41) is 4.57. The van der Waals surface area contributed by atoms with Crippen LogP contribution < -0.4 is 0 Å². The molecule has 2 amide bonds. The molecule has 1 aromatic heterocycles. The fourth-order valence-electron chi connectivity index (χ4n) is 4.02. The van der Waals surface area contributed by atoms with Crippen molar-refractivity contribution in [1.29, 1.82) is 0 Å². The van der Waals surface area contributed by atoms with Crippen molar-refractivity contribution < 1.29 is 14.3 Å². The van der Waals surface area contributed by atoms with Gasteiger partial charge in [-0.15, -0.1) is 0 Å². The maximum Gasteiger partial charge on any atom is 0.272 e. The molecule has 156 valence electrons. The Morgan fingerprint density at radius 3 is 2.43 bits per heavy atom. The first kappa shape index (κ1) is 20.8. The molecule has 28 heavy (non-hydrogen) atoms. The Kier molecular flexibility index (Phi) is 7.10. The highest BCUT2D eigenvalue weighted by molar-refractivity contribution is 5.92. The smallest absolute Gasteiger partial charge is 0.272 e. The Balaban J connectivity index is 1.48. The number of carbonyl (C=O) groups excluding carboxylic acids is 2. The van der Waals surface area contributed by atoms with E-state index in [1.165, 1.54) is 0 Å². The highest BCUT2D eigenvalue weighted by Gasteiger charge is 2.27. The average molecular weight is 391 g/mol. The third-order valence-electron chi connectivity index (χ3n) is 5.94. The number of aromatic nitrogens is 2. The average Bonchev–Trinajstić information content (AvgIpc) is 3.17. The lowest BCUT2D eigenvalue weighted by molar-refractivity contribution is -0.135. The number of piperidine rings is 1. The standard InChI is InChI=1S/C21H34N4O3/c1-4-25-19(15-18(22-25)16(2)3)21(27)24-9-7-17(8-10-24)5-6-20(26)23-11-13-28-14-12-23/h15-17H,4-14H2,1-3H3. The van der Waals surface area contributed by atoms with Crippen LogP contribution in [-0.4, -0.2) is 70.8 Å². The maximum absolute atomic E-state index is 13.0. The van der Waals surface area contributed by atoms with E-state index in [1.54, 1.807) is 0 Å². The Hall–Kier alpha value is -1.89. The van der Waals surface area contributed by atoms with Crippen molar-refractivity contribution in [2.24, 2.45) is 5.92 Å². The summed E-state index contributed by atoms with van der Waals surface area (Å²) in [6, 6.07) is 1.95. The lowest BCUT2D eigenvalue weighted by atomic mass is 9.91. The number of likely N-dealkylation sites (tertiary alicyclic amines) is 1. The predicted octanol–water partition coefficient (Wildman–Crippen LogP) is 2.52. The van der Waals surface area contributed by atoms with Gasteiger partial charge in [0, 0.05) is 39.1 Å². The van der Waals surface area contributed by atoms with Crippen LogP contribution in [0.2, 0.25) is 0 Å². The van der Waals surface area contributed by atoms with Gasteiger partial charge in [0.2, 0.25) is 5.91 Å². The summed E-state index contributed by atoms with van der Waals surface area (Å²) in [7, 11) is 0. The maximum atomic E-state index is 13.0. The zero-order valence-electron chi connectivity index (χ0n) is 17.5. The fourth-order valence-corrected chi connectivity index (χ4v) is 4.02. The number of amides is 2. The Morgan fingerprint density at radius 2 is 1.82 bits per heavy atom. The summed E-state index contributed by atoms with van der Waals surface area (Å²) in [4.78, 5) is 29.2. The molecular formula is C21H34N4O3. The number of aryl methyl sites for hydroxylation is 1. The summed E-state index contributed by atoms with van der Waals surface area (Å²) in [6.45, 7) is 11.2. The van der Waals surface area contributed by atoms with Crippen molar-refractivity contribution in [2.45, 2.75) is 58.9 Å². The first-order valence-corrected chi connectivity index (χ1v) is 10.7. The molecule has 0 saturated carbocycles. The molecule has 7 nitrogen and oxygen atoms in total. The number of carbonyl (C=O) groups is 2. The van der Waals surface area contributed by atoms with Gasteiger partial charge in [0.05, 0.1) is 18.9 Å². The van der Waals surface area contributed by atoms with Crippen LogP contribution in [0.4, 0.5) is 0 Å². The molecule has 0 unspecified atom stereocenters. The van der Waals surface area contributed by atoms with Crippen LogP contribution in [0.3, 0.4) is 0 Å². The van der Waals surface area contributed by atoms with E-state index in [1.807, 2.05) is 27.5 Å². The van der Waals surface area contributed by atoms with Gasteiger partial charge in [0.1, 0.15) is 5.69 Å². The molecule has 0 bridgehead atoms. The van der Waals surface area contributed by atoms with Crippen LogP contribution in [0, 0.1) is 5.92 Å². The minimum atomic E-state index is 0.0871. The molecule has 0 radical (unpaired) electrons. The second-order valence-corrected chi connectivity index (χ2v) is 8.19. The highest BCUT2D eigenvalue weighted by Crippen LogP contribution is 2.24. The minimum Gasteiger partial charge on any atom is -0.378 e. The SMILES string of the molecule is CCn1nc(C(C)C)cc1C(=O)N1CCC(CCC(=O)N2CCOCC2)CC1. The van der Waals surface area contributed by atoms with Crippen LogP contribution in [0.15, 0.2) is 6.07 Å². The molecule has 2 aliphatic heterocycles. The van der Waals surface area contributed by atoms with E-state index in [-0.39, 0.29) is 11.8 Å². The van der Waals surface area contributed by atoms with E-state index in [0.29, 0.717) is 43.7 Å². The quantitative estimate of drug-likeness (QED) is 0.749. The largest absolute Gasteiger partial charge is 0.378 e. The number of rotatable bonds is 6. The third kappa shape index (κ3) is 4.93. The lowest BCUT2D eigenvalue weighted by Gasteiger charge is -2.32. The van der Waals surface area contributed by atoms with E-state index in [9.17, 15) is 9.59 Å². The summed E-state index contributed by atoms with van der Waals surface area (Å²) in [5.74, 6) is 1.17. The molecule has 1 aromatic rings. The minimum absolute atomic E-state index is 0.0871. The number of morpholine rings is 1. The van der Waals surface area contributed by atoms with Crippen molar-refractivity contribution in [1.82, 2.24) is 19.6 Å². The van der Waals surface area contributed by atoms with Crippen molar-refractivity contribution >= 4 is 11.8 Å². The van der Waals surface area contributed by atoms with E-state index in [2.05, 4.69) is 18.9 Å². The van der Waals surface area contributed by atoms with Gasteiger partial charge in [0.25, 0.3) is 5.91 Å². The van der Waals surface area contributed by atoms with Gasteiger partial charge in [-0.25, -0.2) is 0 Å². The van der Waals surface area contributed by atoms with E-state index < -0.39 is 0 Å². The molecule has 2 fully saturated rings. The van der Waals surface area contributed by atoms with E-state index in [0.717, 1.165) is 51.1 Å². The molecule has 3 heterocycles. The van der Waals surface area contributed by atoms with Crippen LogP contribution in [0.5, 0.6) is 0 Å². The Morgan fingerprint density at radius 1 is 1.14 bits per heavy atom. The zero-order chi connectivity index (χ0) is 20.1. The van der Waals surface area contributed by atoms with Gasteiger partial charge in [-0.1, -0.05) is 13.8 Å². The highest BCUT2D eigenvalue weighted by atomic mass is 16.5. The summed E-state index contributed by atoms with van der Waals surface area (Å²) >= 11 is 0. The van der Waals surface area contributed by atoms with Crippen LogP contribution in [0.1, 0.15) is 68.6 Å². The Bertz CT molecular complexity index is 671. The van der Waals surface area contributed by atoms with Crippen molar-refractivity contribution in [2.75, 3.05) is 39.4 Å². The number of hydrogen-bond acceptors (Lipinski definition) is 4. The van der Waals surface area contributed by atoms with E-state index >= 15 is 0 Å². The zero-order valence-corrected chi connectivity index (χ0v) is 17.5. The van der Waals surface area contributed by atoms with Gasteiger partial charge in [-0.3, -0.25) is 14.3 Å². The molecule has 7 heteroatoms. The molecule has 3 rings (SSSR count). The number of ether oxygens (including phenoxy) is 1. The van der Waals surface area contributed by atoms with Crippen LogP contribution in [-0.2, 0) is 16.1 Å². The van der Waals surface area contributed by atoms with Crippen LogP contribution in [0.25, 0.3) is 0 Å². The molecule has 0 aliphatic carbocycles. The number of hydrogen-bond donors (Lipinski definition) is 0. The molecule has 0 spiro atoms. The molecule has 0 aromatic carbocycles. The second kappa shape index (κ2) is 9.54. The fraction of sp³-hybridized carbons (Fsp3) is 0.762. The predicted molar refractivity (Wildman–Crippen MR) is 107 cm³/mol. The third-order valence-corrected chi connectivity index (χ3v) is 5.94. The summed E-state index contributed by atoms with van der Waals surface area (Å²) < 4.78 is 7.13. The van der Waals surface area contributed by atoms with E-state index in [4.69, 9.17) is 4.74 Å². The van der Waals surface area contributed by atoms with Gasteiger partial charge in [-0.05, 0) is 44.1 Å². The topological polar surface area (TPSA) is 67.7 Å². The molecule has 2 saturated heterocycles. The molecule has 0 atom stereocenters. The first-order chi connectivity index (χ1) is 13.5. The monoisotopic (exact) mass is 390 g/mol. The molecular weight excluding hydrogens is 356 g/mol.